The van der Waals surface area contributed by atoms with Gasteiger partial charge in [0.2, 0.25) is 0 Å². The highest BCUT2D eigenvalue weighted by Gasteiger charge is 2.32. The van der Waals surface area contributed by atoms with Crippen molar-refractivity contribution in [1.29, 1.82) is 0 Å². The van der Waals surface area contributed by atoms with Crippen molar-refractivity contribution in [3.8, 4) is 0 Å². The van der Waals surface area contributed by atoms with E-state index in [1.165, 1.54) is 0 Å². The van der Waals surface area contributed by atoms with Crippen LogP contribution in [0.2, 0.25) is 0 Å². The molecule has 1 heterocycles. The van der Waals surface area contributed by atoms with Gasteiger partial charge in [0.1, 0.15) is 0 Å². The van der Waals surface area contributed by atoms with Gasteiger partial charge < -0.3 is 16.0 Å². The molecule has 0 bridgehead atoms. The SMILES string of the molecule is CC(C)(CCN)N1CCNC1=O. The van der Waals surface area contributed by atoms with Gasteiger partial charge in [0.05, 0.1) is 0 Å². The molecule has 0 atom stereocenters. The monoisotopic (exact) mass is 171 g/mol. The van der Waals surface area contributed by atoms with E-state index in [4.69, 9.17) is 5.73 Å². The molecule has 0 aromatic rings. The predicted molar refractivity (Wildman–Crippen MR) is 47.9 cm³/mol. The number of urea groups is 1. The molecule has 1 saturated heterocycles. The van der Waals surface area contributed by atoms with Gasteiger partial charge in [-0.3, -0.25) is 0 Å². The number of carbonyl (C=O) groups excluding carboxylic acids is 1. The fourth-order valence-corrected chi connectivity index (χ4v) is 1.54. The standard InChI is InChI=1S/C8H17N3O/c1-8(2,3-4-9)11-6-5-10-7(11)12/h3-6,9H2,1-2H3,(H,10,12). The second-order valence-electron chi connectivity index (χ2n) is 3.73. The van der Waals surface area contributed by atoms with Crippen molar-refractivity contribution in [3.63, 3.8) is 0 Å². The van der Waals surface area contributed by atoms with Gasteiger partial charge in [0.25, 0.3) is 0 Å². The molecular weight excluding hydrogens is 154 g/mol. The molecule has 0 saturated carbocycles. The van der Waals surface area contributed by atoms with Crippen molar-refractivity contribution in [3.05, 3.63) is 0 Å². The van der Waals surface area contributed by atoms with E-state index in [0.717, 1.165) is 19.5 Å². The molecule has 1 aliphatic heterocycles. The average Bonchev–Trinajstić information content (AvgIpc) is 2.35. The maximum absolute atomic E-state index is 11.3. The summed E-state index contributed by atoms with van der Waals surface area (Å²) in [5.41, 5.74) is 5.37. The maximum Gasteiger partial charge on any atom is 0.317 e. The predicted octanol–water partition coefficient (Wildman–Crippen LogP) is 0.139. The maximum atomic E-state index is 11.3. The fraction of sp³-hybridized carbons (Fsp3) is 0.875. The van der Waals surface area contributed by atoms with Crippen LogP contribution in [0.25, 0.3) is 0 Å². The highest BCUT2D eigenvalue weighted by Crippen LogP contribution is 2.19. The molecule has 3 N–H and O–H groups in total. The number of hydrogen-bond acceptors (Lipinski definition) is 2. The largest absolute Gasteiger partial charge is 0.336 e. The number of hydrogen-bond donors (Lipinski definition) is 2. The summed E-state index contributed by atoms with van der Waals surface area (Å²) in [6.45, 7) is 6.27. The molecule has 70 valence electrons. The van der Waals surface area contributed by atoms with Crippen LogP contribution in [0, 0.1) is 0 Å². The van der Waals surface area contributed by atoms with E-state index in [9.17, 15) is 4.79 Å². The lowest BCUT2D eigenvalue weighted by molar-refractivity contribution is 0.155. The molecule has 1 fully saturated rings. The normalized spacial score (nSPS) is 18.2. The first-order valence-electron chi connectivity index (χ1n) is 4.33. The Kier molecular flexibility index (Phi) is 2.57. The number of carbonyl (C=O) groups is 1. The lowest BCUT2D eigenvalue weighted by atomic mass is 9.99. The molecule has 0 aliphatic carbocycles. The van der Waals surface area contributed by atoms with Crippen LogP contribution in [0.3, 0.4) is 0 Å². The number of rotatable bonds is 3. The summed E-state index contributed by atoms with van der Waals surface area (Å²) in [6, 6.07) is 0.0356. The van der Waals surface area contributed by atoms with Gasteiger partial charge in [-0.2, -0.15) is 0 Å². The van der Waals surface area contributed by atoms with Crippen LogP contribution in [0.1, 0.15) is 20.3 Å². The van der Waals surface area contributed by atoms with Crippen molar-refractivity contribution in [2.75, 3.05) is 19.6 Å². The van der Waals surface area contributed by atoms with Crippen LogP contribution in [0.15, 0.2) is 0 Å². The van der Waals surface area contributed by atoms with Crippen LogP contribution >= 0.6 is 0 Å². The van der Waals surface area contributed by atoms with E-state index in [-0.39, 0.29) is 11.6 Å². The second kappa shape index (κ2) is 3.31. The Morgan fingerprint density at radius 2 is 2.33 bits per heavy atom. The van der Waals surface area contributed by atoms with Gasteiger partial charge in [-0.25, -0.2) is 4.79 Å². The van der Waals surface area contributed by atoms with Crippen LogP contribution in [0.4, 0.5) is 4.79 Å². The van der Waals surface area contributed by atoms with Crippen molar-refractivity contribution in [1.82, 2.24) is 10.2 Å². The molecule has 0 aromatic carbocycles. The Labute approximate surface area is 73.1 Å². The zero-order valence-corrected chi connectivity index (χ0v) is 7.76. The Morgan fingerprint density at radius 1 is 1.67 bits per heavy atom. The average molecular weight is 171 g/mol. The fourth-order valence-electron chi connectivity index (χ4n) is 1.54. The van der Waals surface area contributed by atoms with Crippen molar-refractivity contribution < 1.29 is 4.79 Å². The molecule has 0 unspecified atom stereocenters. The van der Waals surface area contributed by atoms with E-state index in [1.807, 2.05) is 18.7 Å². The third-order valence-corrected chi connectivity index (χ3v) is 2.34. The Bertz CT molecular complexity index is 179. The summed E-state index contributed by atoms with van der Waals surface area (Å²) in [7, 11) is 0. The second-order valence-corrected chi connectivity index (χ2v) is 3.73. The van der Waals surface area contributed by atoms with Crippen LogP contribution in [-0.4, -0.2) is 36.1 Å². The van der Waals surface area contributed by atoms with E-state index < -0.39 is 0 Å². The first-order valence-corrected chi connectivity index (χ1v) is 4.33. The molecule has 0 aromatic heterocycles. The summed E-state index contributed by atoms with van der Waals surface area (Å²) < 4.78 is 0. The Morgan fingerprint density at radius 3 is 2.75 bits per heavy atom. The van der Waals surface area contributed by atoms with Gasteiger partial charge in [-0.1, -0.05) is 0 Å². The zero-order chi connectivity index (χ0) is 9.19. The number of nitrogens with one attached hydrogen (secondary N) is 1. The van der Waals surface area contributed by atoms with Crippen LogP contribution in [0.5, 0.6) is 0 Å². The van der Waals surface area contributed by atoms with Gasteiger partial charge >= 0.3 is 6.03 Å². The minimum atomic E-state index is -0.102. The van der Waals surface area contributed by atoms with Gasteiger partial charge in [-0.15, -0.1) is 0 Å². The summed E-state index contributed by atoms with van der Waals surface area (Å²) in [6.07, 6.45) is 0.848. The van der Waals surface area contributed by atoms with Crippen molar-refractivity contribution >= 4 is 6.03 Å². The molecule has 2 amide bonds. The number of nitrogens with zero attached hydrogens (tertiary/aromatic N) is 1. The van der Waals surface area contributed by atoms with Gasteiger partial charge in [0, 0.05) is 18.6 Å². The van der Waals surface area contributed by atoms with Crippen molar-refractivity contribution in [2.45, 2.75) is 25.8 Å². The van der Waals surface area contributed by atoms with Crippen LogP contribution < -0.4 is 11.1 Å². The molecule has 4 heteroatoms. The number of amides is 2. The summed E-state index contributed by atoms with van der Waals surface area (Å²) in [5, 5.41) is 2.78. The van der Waals surface area contributed by atoms with E-state index in [2.05, 4.69) is 5.32 Å². The molecule has 4 nitrogen and oxygen atoms in total. The van der Waals surface area contributed by atoms with E-state index in [1.54, 1.807) is 0 Å². The first kappa shape index (κ1) is 9.32. The lowest BCUT2D eigenvalue weighted by Gasteiger charge is -2.34. The quantitative estimate of drug-likeness (QED) is 0.634. The molecule has 1 rings (SSSR count). The molecule has 0 spiro atoms. The van der Waals surface area contributed by atoms with Gasteiger partial charge in [0.15, 0.2) is 0 Å². The Balaban J connectivity index is 2.60. The van der Waals surface area contributed by atoms with Crippen LogP contribution in [-0.2, 0) is 0 Å². The van der Waals surface area contributed by atoms with Gasteiger partial charge in [-0.05, 0) is 26.8 Å². The minimum Gasteiger partial charge on any atom is -0.336 e. The highest BCUT2D eigenvalue weighted by molar-refractivity contribution is 5.77. The van der Waals surface area contributed by atoms with E-state index in [0.29, 0.717) is 6.54 Å². The zero-order valence-electron chi connectivity index (χ0n) is 7.76. The molecular formula is C8H17N3O. The topological polar surface area (TPSA) is 58.4 Å². The third kappa shape index (κ3) is 1.69. The number of nitrogens with two attached hydrogens (primary N) is 1. The molecule has 0 radical (unpaired) electrons. The highest BCUT2D eigenvalue weighted by atomic mass is 16.2. The molecule has 12 heavy (non-hydrogen) atoms. The van der Waals surface area contributed by atoms with Crippen molar-refractivity contribution in [2.24, 2.45) is 5.73 Å². The molecule has 1 aliphatic rings. The van der Waals surface area contributed by atoms with E-state index >= 15 is 0 Å². The smallest absolute Gasteiger partial charge is 0.317 e. The lowest BCUT2D eigenvalue weighted by Crippen LogP contribution is -2.46. The summed E-state index contributed by atoms with van der Waals surface area (Å²) in [4.78, 5) is 13.1. The summed E-state index contributed by atoms with van der Waals surface area (Å²) >= 11 is 0. The Hall–Kier alpha value is -0.770. The summed E-state index contributed by atoms with van der Waals surface area (Å²) in [5.74, 6) is 0. The third-order valence-electron chi connectivity index (χ3n) is 2.34. The first-order chi connectivity index (χ1) is 5.58. The minimum absolute atomic E-state index is 0.0356.